The maximum atomic E-state index is 11.7. The van der Waals surface area contributed by atoms with Crippen molar-refractivity contribution in [2.24, 2.45) is 11.8 Å². The third-order valence-corrected chi connectivity index (χ3v) is 5.82. The molecule has 1 aliphatic carbocycles. The molecule has 0 spiro atoms. The lowest BCUT2D eigenvalue weighted by molar-refractivity contribution is -0.137. The zero-order chi connectivity index (χ0) is 16.2. The summed E-state index contributed by atoms with van der Waals surface area (Å²) in [7, 11) is 0. The fourth-order valence-corrected chi connectivity index (χ4v) is 4.28. The van der Waals surface area contributed by atoms with Gasteiger partial charge in [-0.1, -0.05) is 0 Å². The first-order valence-electron chi connectivity index (χ1n) is 9.08. The molecule has 0 bridgehead atoms. The second kappa shape index (κ2) is 7.92. The Hall–Kier alpha value is -0.690. The summed E-state index contributed by atoms with van der Waals surface area (Å²) in [5, 5.41) is 8.84. The third-order valence-electron chi connectivity index (χ3n) is 5.82. The highest BCUT2D eigenvalue weighted by Crippen LogP contribution is 2.34. The van der Waals surface area contributed by atoms with Crippen LogP contribution in [-0.2, 0) is 14.3 Å². The van der Waals surface area contributed by atoms with Crippen LogP contribution in [0.15, 0.2) is 0 Å². The Labute approximate surface area is 138 Å². The van der Waals surface area contributed by atoms with Crippen LogP contribution in [-0.4, -0.2) is 60.6 Å². The number of hydrogen-bond donors (Lipinski definition) is 2. The molecule has 4 unspecified atom stereocenters. The highest BCUT2D eigenvalue weighted by molar-refractivity contribution is 5.77. The highest BCUT2D eigenvalue weighted by Gasteiger charge is 2.38. The van der Waals surface area contributed by atoms with Crippen molar-refractivity contribution in [2.75, 3.05) is 26.3 Å². The maximum absolute atomic E-state index is 11.7. The van der Waals surface area contributed by atoms with Crippen molar-refractivity contribution in [1.29, 1.82) is 0 Å². The first kappa shape index (κ1) is 17.1. The number of rotatable bonds is 4. The van der Waals surface area contributed by atoms with Crippen LogP contribution in [0.5, 0.6) is 0 Å². The number of nitrogens with one attached hydrogen (secondary N) is 1. The summed E-state index contributed by atoms with van der Waals surface area (Å²) < 4.78 is 11.9. The molecule has 2 N–H and O–H groups in total. The summed E-state index contributed by atoms with van der Waals surface area (Å²) in [6, 6.07) is 0.409. The molecule has 6 heteroatoms. The Morgan fingerprint density at radius 2 is 2.17 bits per heavy atom. The minimum Gasteiger partial charge on any atom is -0.378 e. The summed E-state index contributed by atoms with van der Waals surface area (Å²) >= 11 is 0. The minimum atomic E-state index is -0.264. The van der Waals surface area contributed by atoms with Gasteiger partial charge in [0.15, 0.2) is 0 Å². The third kappa shape index (κ3) is 4.24. The molecular formula is C17H30N2O4. The zero-order valence-electron chi connectivity index (χ0n) is 14.1. The molecule has 3 aliphatic rings. The van der Waals surface area contributed by atoms with Gasteiger partial charge >= 0.3 is 0 Å². The Kier molecular flexibility index (Phi) is 5.91. The van der Waals surface area contributed by atoms with Crippen molar-refractivity contribution in [3.05, 3.63) is 0 Å². The van der Waals surface area contributed by atoms with E-state index < -0.39 is 0 Å². The molecule has 23 heavy (non-hydrogen) atoms. The van der Waals surface area contributed by atoms with Gasteiger partial charge in [0.25, 0.3) is 0 Å². The van der Waals surface area contributed by atoms with E-state index in [0.29, 0.717) is 18.1 Å². The number of hydrogen-bond acceptors (Lipinski definition) is 5. The molecular weight excluding hydrogens is 296 g/mol. The summed E-state index contributed by atoms with van der Waals surface area (Å²) in [6.07, 6.45) is 6.63. The summed E-state index contributed by atoms with van der Waals surface area (Å²) in [4.78, 5) is 14.2. The number of nitrogens with zero attached hydrogens (tertiary/aromatic N) is 1. The molecule has 3 rings (SSSR count). The van der Waals surface area contributed by atoms with E-state index in [0.717, 1.165) is 52.0 Å². The Bertz CT molecular complexity index is 400. The number of amides is 1. The molecule has 2 saturated heterocycles. The molecule has 2 heterocycles. The van der Waals surface area contributed by atoms with Crippen LogP contribution >= 0.6 is 0 Å². The van der Waals surface area contributed by atoms with Crippen LogP contribution in [0.1, 0.15) is 45.4 Å². The normalized spacial score (nSPS) is 38.8. The summed E-state index contributed by atoms with van der Waals surface area (Å²) in [6.45, 7) is 5.98. The number of fused-ring (bicyclic) bond motifs is 1. The van der Waals surface area contributed by atoms with Gasteiger partial charge < -0.3 is 9.47 Å². The number of hydroxylamine groups is 1. The van der Waals surface area contributed by atoms with Crippen molar-refractivity contribution < 1.29 is 19.5 Å². The summed E-state index contributed by atoms with van der Waals surface area (Å²) in [5.74, 6) is 0.113. The summed E-state index contributed by atoms with van der Waals surface area (Å²) in [5.41, 5.74) is 1.80. The van der Waals surface area contributed by atoms with Crippen molar-refractivity contribution in [2.45, 2.75) is 63.7 Å². The van der Waals surface area contributed by atoms with Crippen molar-refractivity contribution in [3.8, 4) is 0 Å². The predicted molar refractivity (Wildman–Crippen MR) is 85.1 cm³/mol. The largest absolute Gasteiger partial charge is 0.378 e. The van der Waals surface area contributed by atoms with E-state index in [-0.39, 0.29) is 17.9 Å². The average Bonchev–Trinajstić information content (AvgIpc) is 3.04. The lowest BCUT2D eigenvalue weighted by Crippen LogP contribution is -2.42. The van der Waals surface area contributed by atoms with Gasteiger partial charge in [0.05, 0.1) is 18.8 Å². The van der Waals surface area contributed by atoms with Gasteiger partial charge in [-0.3, -0.25) is 14.9 Å². The van der Waals surface area contributed by atoms with Crippen LogP contribution in [0.4, 0.5) is 0 Å². The smallest absolute Gasteiger partial charge is 0.246 e. The van der Waals surface area contributed by atoms with Gasteiger partial charge in [-0.2, -0.15) is 0 Å². The van der Waals surface area contributed by atoms with E-state index >= 15 is 0 Å². The Morgan fingerprint density at radius 3 is 2.91 bits per heavy atom. The fraction of sp³-hybridized carbons (Fsp3) is 0.941. The van der Waals surface area contributed by atoms with E-state index in [1.165, 1.54) is 12.8 Å². The molecule has 0 radical (unpaired) electrons. The van der Waals surface area contributed by atoms with Gasteiger partial charge in [0, 0.05) is 31.7 Å². The van der Waals surface area contributed by atoms with Crippen molar-refractivity contribution >= 4 is 5.91 Å². The molecule has 1 saturated carbocycles. The van der Waals surface area contributed by atoms with Gasteiger partial charge in [-0.25, -0.2) is 5.48 Å². The number of carbonyl (C=O) groups excluding carboxylic acids is 1. The number of ether oxygens (including phenoxy) is 2. The molecule has 3 fully saturated rings. The van der Waals surface area contributed by atoms with Crippen LogP contribution < -0.4 is 5.48 Å². The Balaban J connectivity index is 1.54. The van der Waals surface area contributed by atoms with Gasteiger partial charge in [0.2, 0.25) is 5.91 Å². The van der Waals surface area contributed by atoms with Crippen LogP contribution in [0.3, 0.4) is 0 Å². The van der Waals surface area contributed by atoms with E-state index in [1.807, 2.05) is 0 Å². The fourth-order valence-electron chi connectivity index (χ4n) is 4.28. The van der Waals surface area contributed by atoms with Gasteiger partial charge in [-0.15, -0.1) is 0 Å². The van der Waals surface area contributed by atoms with E-state index in [2.05, 4.69) is 11.8 Å². The molecule has 0 aromatic rings. The molecule has 0 aromatic heterocycles. The maximum Gasteiger partial charge on any atom is 0.246 e. The van der Waals surface area contributed by atoms with Crippen LogP contribution in [0.2, 0.25) is 0 Å². The lowest BCUT2D eigenvalue weighted by Gasteiger charge is -2.35. The lowest BCUT2D eigenvalue weighted by atomic mass is 9.79. The molecule has 2 aliphatic heterocycles. The SMILES string of the molecule is C[C@H]1COC2CC(C(=O)NO)CCC2CN1CCC1CCCO1. The van der Waals surface area contributed by atoms with Crippen LogP contribution in [0.25, 0.3) is 0 Å². The number of carbonyl (C=O) groups is 1. The van der Waals surface area contributed by atoms with E-state index in [1.54, 1.807) is 5.48 Å². The van der Waals surface area contributed by atoms with E-state index in [4.69, 9.17) is 14.7 Å². The van der Waals surface area contributed by atoms with E-state index in [9.17, 15) is 4.79 Å². The standard InChI is InChI=1S/C17H30N2O4/c1-12-11-23-16-9-13(17(20)18-21)4-5-14(16)10-19(12)7-6-15-3-2-8-22-15/h12-16,21H,2-11H2,1H3,(H,18,20)/t12-,13?,14?,15?,16?/m0/s1. The Morgan fingerprint density at radius 1 is 1.30 bits per heavy atom. The molecule has 0 aromatic carbocycles. The second-order valence-electron chi connectivity index (χ2n) is 7.39. The average molecular weight is 326 g/mol. The van der Waals surface area contributed by atoms with Gasteiger partial charge in [0.1, 0.15) is 0 Å². The molecule has 1 amide bonds. The minimum absolute atomic E-state index is 0.116. The topological polar surface area (TPSA) is 71.0 Å². The van der Waals surface area contributed by atoms with Crippen LogP contribution in [0, 0.1) is 11.8 Å². The quantitative estimate of drug-likeness (QED) is 0.606. The monoisotopic (exact) mass is 326 g/mol. The first-order valence-corrected chi connectivity index (χ1v) is 9.08. The first-order chi connectivity index (χ1) is 11.2. The molecule has 132 valence electrons. The highest BCUT2D eigenvalue weighted by atomic mass is 16.5. The van der Waals surface area contributed by atoms with Crippen molar-refractivity contribution in [1.82, 2.24) is 10.4 Å². The van der Waals surface area contributed by atoms with Gasteiger partial charge in [-0.05, 0) is 51.4 Å². The molecule has 6 nitrogen and oxygen atoms in total. The molecule has 5 atom stereocenters. The van der Waals surface area contributed by atoms with Crippen molar-refractivity contribution in [3.63, 3.8) is 0 Å². The predicted octanol–water partition coefficient (Wildman–Crippen LogP) is 1.57. The zero-order valence-corrected chi connectivity index (χ0v) is 14.1. The second-order valence-corrected chi connectivity index (χ2v) is 7.39.